The van der Waals surface area contributed by atoms with E-state index in [0.29, 0.717) is 9.92 Å². The second-order valence-electron chi connectivity index (χ2n) is 2.54. The summed E-state index contributed by atoms with van der Waals surface area (Å²) >= 11 is 4.39. The van der Waals surface area contributed by atoms with E-state index in [1.54, 1.807) is 24.3 Å². The van der Waals surface area contributed by atoms with Gasteiger partial charge < -0.3 is 15.5 Å². The Bertz CT molecular complexity index is 346. The maximum atomic E-state index is 11.5. The van der Waals surface area contributed by atoms with Crippen LogP contribution in [-0.2, 0) is 11.2 Å². The van der Waals surface area contributed by atoms with Gasteiger partial charge in [-0.1, -0.05) is 22.8 Å². The maximum absolute atomic E-state index is 11.5. The van der Waals surface area contributed by atoms with Crippen LogP contribution in [0.2, 0.25) is 5.02 Å². The predicted molar refractivity (Wildman–Crippen MR) is 56.1 cm³/mol. The van der Waals surface area contributed by atoms with Gasteiger partial charge in [0.1, 0.15) is 0 Å². The second kappa shape index (κ2) is 5.09. The molecule has 76 valence electrons. The number of nitrogens with two attached hydrogens (primary N) is 1. The molecule has 1 rings (SSSR count). The second-order valence-corrected chi connectivity index (χ2v) is 4.43. The molecule has 0 radical (unpaired) electrons. The van der Waals surface area contributed by atoms with Gasteiger partial charge in [-0.3, -0.25) is 0 Å². The number of halogens is 1. The lowest BCUT2D eigenvalue weighted by Gasteiger charge is -2.08. The van der Waals surface area contributed by atoms with Crippen LogP contribution in [0.15, 0.2) is 34.3 Å². The third-order valence-corrected chi connectivity index (χ3v) is 3.04. The van der Waals surface area contributed by atoms with Gasteiger partial charge in [-0.2, -0.15) is 0 Å². The molecule has 14 heavy (non-hydrogen) atoms. The fourth-order valence-corrected chi connectivity index (χ4v) is 2.09. The van der Waals surface area contributed by atoms with Gasteiger partial charge in [-0.05, 0) is 23.3 Å². The molecule has 3 N–H and O–H groups in total. The van der Waals surface area contributed by atoms with Gasteiger partial charge in [0.25, 0.3) is 0 Å². The Balaban J connectivity index is 2.74. The van der Waals surface area contributed by atoms with Crippen LogP contribution in [0.5, 0.6) is 0 Å². The average molecular weight is 233 g/mol. The summed E-state index contributed by atoms with van der Waals surface area (Å²) in [4.78, 5) is 0.559. The van der Waals surface area contributed by atoms with Crippen LogP contribution in [0.1, 0.15) is 0 Å². The Morgan fingerprint density at radius 2 is 2.36 bits per heavy atom. The van der Waals surface area contributed by atoms with Crippen LogP contribution in [0.4, 0.5) is 0 Å². The van der Waals surface area contributed by atoms with Gasteiger partial charge >= 0.3 is 0 Å². The molecule has 1 aromatic carbocycles. The molecule has 0 amide bonds. The lowest BCUT2D eigenvalue weighted by molar-refractivity contribution is 0.318. The maximum Gasteiger partial charge on any atom is 0.189 e. The molecule has 0 aromatic heterocycles. The van der Waals surface area contributed by atoms with Crippen molar-refractivity contribution < 1.29 is 9.76 Å². The van der Waals surface area contributed by atoms with Crippen molar-refractivity contribution >= 4 is 28.6 Å². The molecule has 0 fully saturated rings. The zero-order valence-corrected chi connectivity index (χ0v) is 8.76. The van der Waals surface area contributed by atoms with Crippen LogP contribution in [0.3, 0.4) is 0 Å². The summed E-state index contributed by atoms with van der Waals surface area (Å²) in [7, 11) is 0. The Hall–Kier alpha value is -0.910. The largest absolute Gasteiger partial charge is 0.611 e. The highest BCUT2D eigenvalue weighted by Gasteiger charge is 2.13. The molecular formula is C8H9ClN2O2S. The van der Waals surface area contributed by atoms with Crippen molar-refractivity contribution in [1.82, 2.24) is 0 Å². The number of hydrogen-bond donors (Lipinski definition) is 2. The molecular weight excluding hydrogens is 224 g/mol. The summed E-state index contributed by atoms with van der Waals surface area (Å²) in [6.07, 6.45) is 0. The number of oxime groups is 1. The van der Waals surface area contributed by atoms with E-state index in [4.69, 9.17) is 22.5 Å². The SMILES string of the molecule is NC(C[S+]([O-])c1cccc(Cl)c1)=NO. The smallest absolute Gasteiger partial charge is 0.189 e. The summed E-state index contributed by atoms with van der Waals surface area (Å²) in [5.74, 6) is -0.0695. The molecule has 0 aliphatic carbocycles. The van der Waals surface area contributed by atoms with Crippen molar-refractivity contribution in [2.75, 3.05) is 5.75 Å². The molecule has 0 saturated heterocycles. The Morgan fingerprint density at radius 1 is 1.64 bits per heavy atom. The summed E-state index contributed by atoms with van der Waals surface area (Å²) in [5.41, 5.74) is 5.22. The zero-order valence-electron chi connectivity index (χ0n) is 7.18. The molecule has 1 aromatic rings. The standard InChI is InChI=1S/C8H9ClN2O2S/c9-6-2-1-3-7(4-6)14(13)5-8(10)11-12/h1-4,12H,5H2,(H2,10,11). The van der Waals surface area contributed by atoms with Gasteiger partial charge in [0.2, 0.25) is 0 Å². The van der Waals surface area contributed by atoms with Crippen molar-refractivity contribution in [2.24, 2.45) is 10.9 Å². The van der Waals surface area contributed by atoms with Gasteiger partial charge in [0.05, 0.1) is 0 Å². The third-order valence-electron chi connectivity index (χ3n) is 1.47. The van der Waals surface area contributed by atoms with Crippen molar-refractivity contribution in [3.63, 3.8) is 0 Å². The Labute approximate surface area is 89.5 Å². The first-order valence-electron chi connectivity index (χ1n) is 3.74. The quantitative estimate of drug-likeness (QED) is 0.270. The van der Waals surface area contributed by atoms with Gasteiger partial charge in [-0.25, -0.2) is 0 Å². The number of rotatable bonds is 3. The fraction of sp³-hybridized carbons (Fsp3) is 0.125. The fourth-order valence-electron chi connectivity index (χ4n) is 0.855. The van der Waals surface area contributed by atoms with Crippen molar-refractivity contribution in [1.29, 1.82) is 0 Å². The predicted octanol–water partition coefficient (Wildman–Crippen LogP) is 1.19. The summed E-state index contributed by atoms with van der Waals surface area (Å²) in [6, 6.07) is 6.64. The van der Waals surface area contributed by atoms with Crippen molar-refractivity contribution in [2.45, 2.75) is 4.90 Å². The monoisotopic (exact) mass is 232 g/mol. The van der Waals surface area contributed by atoms with E-state index >= 15 is 0 Å². The topological polar surface area (TPSA) is 81.7 Å². The average Bonchev–Trinajstić information content (AvgIpc) is 2.17. The number of nitrogens with zero attached hydrogens (tertiary/aromatic N) is 1. The first kappa shape index (κ1) is 11.2. The molecule has 0 saturated carbocycles. The van der Waals surface area contributed by atoms with Gasteiger partial charge in [-0.15, -0.1) is 0 Å². The van der Waals surface area contributed by atoms with E-state index in [1.807, 2.05) is 0 Å². The highest BCUT2D eigenvalue weighted by atomic mass is 35.5. The van der Waals surface area contributed by atoms with Crippen LogP contribution in [0, 0.1) is 0 Å². The molecule has 0 spiro atoms. The first-order valence-corrected chi connectivity index (χ1v) is 5.43. The molecule has 6 heteroatoms. The van der Waals surface area contributed by atoms with Crippen molar-refractivity contribution in [3.05, 3.63) is 29.3 Å². The van der Waals surface area contributed by atoms with E-state index in [-0.39, 0.29) is 11.6 Å². The minimum Gasteiger partial charge on any atom is -0.611 e. The Kier molecular flexibility index (Phi) is 4.06. The van der Waals surface area contributed by atoms with Crippen molar-refractivity contribution in [3.8, 4) is 0 Å². The Morgan fingerprint density at radius 3 is 2.93 bits per heavy atom. The molecule has 1 atom stereocenters. The molecule has 4 nitrogen and oxygen atoms in total. The summed E-state index contributed by atoms with van der Waals surface area (Å²) in [6.45, 7) is 0. The highest BCUT2D eigenvalue weighted by Crippen LogP contribution is 2.16. The van der Waals surface area contributed by atoms with Crippen LogP contribution >= 0.6 is 11.6 Å². The number of amidine groups is 1. The first-order chi connectivity index (χ1) is 6.63. The lowest BCUT2D eigenvalue weighted by atomic mass is 10.4. The molecule has 0 aliphatic rings. The van der Waals surface area contributed by atoms with Gasteiger partial charge in [0, 0.05) is 11.1 Å². The summed E-state index contributed by atoms with van der Waals surface area (Å²) in [5, 5.41) is 11.5. The van der Waals surface area contributed by atoms with Crippen LogP contribution in [0.25, 0.3) is 0 Å². The van der Waals surface area contributed by atoms with E-state index in [0.717, 1.165) is 0 Å². The third kappa shape index (κ3) is 3.10. The number of hydrogen-bond acceptors (Lipinski definition) is 3. The molecule has 0 bridgehead atoms. The van der Waals surface area contributed by atoms with E-state index in [9.17, 15) is 4.55 Å². The molecule has 0 heterocycles. The van der Waals surface area contributed by atoms with E-state index < -0.39 is 11.2 Å². The van der Waals surface area contributed by atoms with Gasteiger partial charge in [0.15, 0.2) is 16.5 Å². The van der Waals surface area contributed by atoms with Crippen LogP contribution in [-0.4, -0.2) is 21.3 Å². The summed E-state index contributed by atoms with van der Waals surface area (Å²) < 4.78 is 11.5. The minimum atomic E-state index is -1.32. The minimum absolute atomic E-state index is 0.00313. The molecule has 0 aliphatic heterocycles. The normalized spacial score (nSPS) is 14.0. The highest BCUT2D eigenvalue weighted by molar-refractivity contribution is 7.92. The van der Waals surface area contributed by atoms with E-state index in [2.05, 4.69) is 5.16 Å². The van der Waals surface area contributed by atoms with E-state index in [1.165, 1.54) is 0 Å². The lowest BCUT2D eigenvalue weighted by Crippen LogP contribution is -2.23. The zero-order chi connectivity index (χ0) is 10.6. The van der Waals surface area contributed by atoms with Crippen LogP contribution < -0.4 is 5.73 Å². The molecule has 1 unspecified atom stereocenters. The number of benzene rings is 1.